The molecule has 1 radical (unpaired) electrons. The largest absolute Gasteiger partial charge is 0.523 e. The molecule has 0 aromatic heterocycles. The van der Waals surface area contributed by atoms with E-state index in [0.29, 0.717) is 5.92 Å². The van der Waals surface area contributed by atoms with Crippen LogP contribution in [0, 0.1) is 6.07 Å². The summed E-state index contributed by atoms with van der Waals surface area (Å²) in [6, 6.07) is 8.97. The van der Waals surface area contributed by atoms with E-state index in [0.717, 1.165) is 5.75 Å². The molecule has 0 aliphatic carbocycles. The van der Waals surface area contributed by atoms with Crippen LogP contribution in [0.4, 0.5) is 0 Å². The maximum absolute atomic E-state index is 5.05. The summed E-state index contributed by atoms with van der Waals surface area (Å²) in [5, 5.41) is 0. The van der Waals surface area contributed by atoms with Crippen molar-refractivity contribution in [3.8, 4) is 5.75 Å². The molecule has 0 aliphatic rings. The van der Waals surface area contributed by atoms with Crippen molar-refractivity contribution in [3.05, 3.63) is 29.8 Å². The average molecular weight is 238 g/mol. The van der Waals surface area contributed by atoms with E-state index in [1.54, 1.807) is 7.11 Å². The van der Waals surface area contributed by atoms with Gasteiger partial charge in [0.2, 0.25) is 0 Å². The zero-order valence-electron chi connectivity index (χ0n) is 7.79. The third-order valence-electron chi connectivity index (χ3n) is 1.69. The molecule has 0 saturated heterocycles. The molecule has 1 rings (SSSR count). The van der Waals surface area contributed by atoms with Gasteiger partial charge in [0, 0.05) is 38.5 Å². The molecule has 0 unspecified atom stereocenters. The second-order valence-corrected chi connectivity index (χ2v) is 2.85. The van der Waals surface area contributed by atoms with E-state index in [2.05, 4.69) is 26.0 Å². The number of hydrogen-bond donors (Lipinski definition) is 0. The van der Waals surface area contributed by atoms with Crippen LogP contribution in [0.3, 0.4) is 0 Å². The van der Waals surface area contributed by atoms with E-state index < -0.39 is 0 Å². The molecule has 0 aliphatic heterocycles. The predicted molar refractivity (Wildman–Crippen MR) is 45.9 cm³/mol. The van der Waals surface area contributed by atoms with Crippen LogP contribution in [0.15, 0.2) is 18.2 Å². The van der Waals surface area contributed by atoms with Gasteiger partial charge in [-0.25, -0.2) is 0 Å². The quantitative estimate of drug-likeness (QED) is 0.719. The monoisotopic (exact) mass is 238 g/mol. The first kappa shape index (κ1) is 12.1. The Kier molecular flexibility index (Phi) is 5.77. The van der Waals surface area contributed by atoms with Crippen LogP contribution in [0.5, 0.6) is 5.75 Å². The Morgan fingerprint density at radius 2 is 2.08 bits per heavy atom. The van der Waals surface area contributed by atoms with E-state index in [9.17, 15) is 0 Å². The molecule has 0 bridgehead atoms. The Labute approximate surface area is 99.4 Å². The topological polar surface area (TPSA) is 9.23 Å². The molecule has 0 fully saturated rings. The molecule has 1 aromatic carbocycles. The molecular weight excluding hydrogens is 225 g/mol. The van der Waals surface area contributed by atoms with Crippen LogP contribution in [0.25, 0.3) is 0 Å². The molecule has 0 saturated carbocycles. The average Bonchev–Trinajstić information content (AvgIpc) is 2.05. The summed E-state index contributed by atoms with van der Waals surface area (Å²) in [5.74, 6) is 1.37. The molecule has 0 atom stereocenters. The SMILES string of the molecule is COc1[c-]ccc(C(C)C)c1.[Y]. The smallest absolute Gasteiger partial charge is 0.0743 e. The summed E-state index contributed by atoms with van der Waals surface area (Å²) in [7, 11) is 1.66. The van der Waals surface area contributed by atoms with Crippen LogP contribution in [0.2, 0.25) is 0 Å². The molecule has 0 spiro atoms. The zero-order chi connectivity index (χ0) is 8.27. The van der Waals surface area contributed by atoms with Gasteiger partial charge < -0.3 is 4.74 Å². The summed E-state index contributed by atoms with van der Waals surface area (Å²) < 4.78 is 5.05. The first-order valence-corrected chi connectivity index (χ1v) is 3.79. The Bertz CT molecular complexity index is 233. The van der Waals surface area contributed by atoms with Gasteiger partial charge in [0.15, 0.2) is 0 Å². The number of hydrogen-bond acceptors (Lipinski definition) is 1. The third kappa shape index (κ3) is 3.24. The molecule has 63 valence electrons. The van der Waals surface area contributed by atoms with Gasteiger partial charge >= 0.3 is 0 Å². The molecule has 1 nitrogen and oxygen atoms in total. The van der Waals surface area contributed by atoms with E-state index in [4.69, 9.17) is 4.74 Å². The van der Waals surface area contributed by atoms with E-state index >= 15 is 0 Å². The minimum Gasteiger partial charge on any atom is -0.523 e. The summed E-state index contributed by atoms with van der Waals surface area (Å²) in [6.45, 7) is 4.32. The fourth-order valence-electron chi connectivity index (χ4n) is 0.938. The third-order valence-corrected chi connectivity index (χ3v) is 1.69. The summed E-state index contributed by atoms with van der Waals surface area (Å²) >= 11 is 0. The van der Waals surface area contributed by atoms with Crippen molar-refractivity contribution < 1.29 is 37.4 Å². The Morgan fingerprint density at radius 3 is 2.58 bits per heavy atom. The van der Waals surface area contributed by atoms with E-state index in [1.165, 1.54) is 5.56 Å². The standard InChI is InChI=1S/C10H13O.Y/c1-8(2)9-5-4-6-10(7-9)11-3;/h4-5,7-8H,1-3H3;/q-1;. The first-order valence-electron chi connectivity index (χ1n) is 3.79. The van der Waals surface area contributed by atoms with Gasteiger partial charge in [0.05, 0.1) is 7.11 Å². The van der Waals surface area contributed by atoms with Crippen LogP contribution < -0.4 is 4.74 Å². The van der Waals surface area contributed by atoms with Gasteiger partial charge in [-0.1, -0.05) is 13.8 Å². The minimum absolute atomic E-state index is 0. The van der Waals surface area contributed by atoms with Crippen molar-refractivity contribution >= 4 is 0 Å². The fraction of sp³-hybridized carbons (Fsp3) is 0.400. The van der Waals surface area contributed by atoms with E-state index in [-0.39, 0.29) is 32.7 Å². The molecule has 2 heteroatoms. The second kappa shape index (κ2) is 5.72. The summed E-state index contributed by atoms with van der Waals surface area (Å²) in [4.78, 5) is 0. The van der Waals surface area contributed by atoms with Crippen molar-refractivity contribution in [2.75, 3.05) is 7.11 Å². The van der Waals surface area contributed by atoms with Crippen molar-refractivity contribution in [1.82, 2.24) is 0 Å². The normalized spacial score (nSPS) is 9.33. The van der Waals surface area contributed by atoms with Gasteiger partial charge in [-0.05, 0) is 5.92 Å². The first-order chi connectivity index (χ1) is 5.24. The van der Waals surface area contributed by atoms with Crippen LogP contribution in [-0.2, 0) is 32.7 Å². The molecular formula is C10H13OY-. The number of benzene rings is 1. The molecule has 12 heavy (non-hydrogen) atoms. The van der Waals surface area contributed by atoms with Gasteiger partial charge in [0.1, 0.15) is 0 Å². The van der Waals surface area contributed by atoms with Crippen molar-refractivity contribution in [3.63, 3.8) is 0 Å². The number of methoxy groups -OCH3 is 1. The van der Waals surface area contributed by atoms with Gasteiger partial charge in [-0.3, -0.25) is 0 Å². The maximum Gasteiger partial charge on any atom is 0.0743 e. The predicted octanol–water partition coefficient (Wildman–Crippen LogP) is 2.62. The fourth-order valence-corrected chi connectivity index (χ4v) is 0.938. The van der Waals surface area contributed by atoms with Gasteiger partial charge in [0.25, 0.3) is 0 Å². The van der Waals surface area contributed by atoms with E-state index in [1.807, 2.05) is 12.1 Å². The van der Waals surface area contributed by atoms with Crippen molar-refractivity contribution in [2.24, 2.45) is 0 Å². The molecule has 1 aromatic rings. The number of ether oxygens (including phenoxy) is 1. The number of rotatable bonds is 2. The molecule has 0 amide bonds. The zero-order valence-corrected chi connectivity index (χ0v) is 10.6. The van der Waals surface area contributed by atoms with Crippen LogP contribution in [0.1, 0.15) is 25.3 Å². The molecule has 0 heterocycles. The van der Waals surface area contributed by atoms with Crippen LogP contribution in [-0.4, -0.2) is 7.11 Å². The van der Waals surface area contributed by atoms with Crippen molar-refractivity contribution in [2.45, 2.75) is 19.8 Å². The van der Waals surface area contributed by atoms with Gasteiger partial charge in [-0.2, -0.15) is 17.7 Å². The summed E-state index contributed by atoms with van der Waals surface area (Å²) in [5.41, 5.74) is 1.29. The molecule has 0 N–H and O–H groups in total. The Hall–Kier alpha value is 0.124. The van der Waals surface area contributed by atoms with Crippen LogP contribution >= 0.6 is 0 Å². The second-order valence-electron chi connectivity index (χ2n) is 2.85. The Balaban J connectivity index is 0.00000121. The Morgan fingerprint density at radius 1 is 1.42 bits per heavy atom. The summed E-state index contributed by atoms with van der Waals surface area (Å²) in [6.07, 6.45) is 0. The minimum atomic E-state index is 0. The maximum atomic E-state index is 5.05. The van der Waals surface area contributed by atoms with Gasteiger partial charge in [-0.15, -0.1) is 12.1 Å². The van der Waals surface area contributed by atoms with Crippen molar-refractivity contribution in [1.29, 1.82) is 0 Å².